The van der Waals surface area contributed by atoms with Crippen molar-refractivity contribution in [2.75, 3.05) is 25.0 Å². The number of nitrogens with one attached hydrogen (secondary N) is 1. The monoisotopic (exact) mass is 566 g/mol. The van der Waals surface area contributed by atoms with Gasteiger partial charge in [-0.25, -0.2) is 4.79 Å². The third-order valence-corrected chi connectivity index (χ3v) is 7.69. The molecule has 42 heavy (non-hydrogen) atoms. The highest BCUT2D eigenvalue weighted by Crippen LogP contribution is 2.56. The summed E-state index contributed by atoms with van der Waals surface area (Å²) in [5.41, 5.74) is 4.45. The van der Waals surface area contributed by atoms with Gasteiger partial charge in [0.2, 0.25) is 5.91 Å². The fourth-order valence-corrected chi connectivity index (χ4v) is 5.49. The van der Waals surface area contributed by atoms with Crippen LogP contribution in [0.5, 0.6) is 23.0 Å². The van der Waals surface area contributed by atoms with Crippen LogP contribution in [-0.2, 0) is 15.1 Å². The van der Waals surface area contributed by atoms with Gasteiger partial charge in [0, 0.05) is 34.5 Å². The first-order valence-electron chi connectivity index (χ1n) is 13.9. The van der Waals surface area contributed by atoms with Crippen LogP contribution < -0.4 is 10.1 Å². The molecule has 0 bridgehead atoms. The van der Waals surface area contributed by atoms with Gasteiger partial charge >= 0.3 is 5.97 Å². The average Bonchev–Trinajstić information content (AvgIpc) is 3.26. The fourth-order valence-electron chi connectivity index (χ4n) is 5.49. The largest absolute Gasteiger partial charge is 0.508 e. The lowest BCUT2D eigenvalue weighted by Crippen LogP contribution is -2.33. The van der Waals surface area contributed by atoms with Crippen LogP contribution in [0.15, 0.2) is 78.9 Å². The molecule has 0 atom stereocenters. The number of fused-ring (bicyclic) bond motifs is 6. The first-order chi connectivity index (χ1) is 20.2. The van der Waals surface area contributed by atoms with E-state index in [2.05, 4.69) is 24.1 Å². The van der Waals surface area contributed by atoms with Gasteiger partial charge in [-0.3, -0.25) is 9.69 Å². The number of benzene rings is 4. The minimum absolute atomic E-state index is 0.0371. The number of carbonyl (C=O) groups excluding carboxylic acids is 2. The molecule has 4 aromatic carbocycles. The van der Waals surface area contributed by atoms with Crippen molar-refractivity contribution >= 4 is 17.6 Å². The van der Waals surface area contributed by atoms with Crippen LogP contribution in [0.25, 0.3) is 0 Å². The number of aromatic hydroxyl groups is 2. The molecule has 0 fully saturated rings. The SMILES string of the molecule is CCN(CC)CC(=O)Nc1c(C)cccc1C.O=C1OC2(c3ccc(O)cc3Oc3cc(O)ccc32)c2ccccc21. The van der Waals surface area contributed by atoms with Gasteiger partial charge in [0.05, 0.1) is 12.1 Å². The van der Waals surface area contributed by atoms with Crippen molar-refractivity contribution in [2.45, 2.75) is 33.3 Å². The number of hydrogen-bond donors (Lipinski definition) is 3. The van der Waals surface area contributed by atoms with Gasteiger partial charge in [0.15, 0.2) is 5.60 Å². The lowest BCUT2D eigenvalue weighted by atomic mass is 9.77. The minimum atomic E-state index is -1.17. The van der Waals surface area contributed by atoms with Crippen LogP contribution in [0.3, 0.4) is 0 Å². The highest BCUT2D eigenvalue weighted by atomic mass is 16.6. The van der Waals surface area contributed by atoms with E-state index >= 15 is 0 Å². The molecular formula is C34H34N2O6. The Kier molecular flexibility index (Phi) is 7.91. The molecule has 6 rings (SSSR count). The van der Waals surface area contributed by atoms with E-state index in [1.807, 2.05) is 44.2 Å². The van der Waals surface area contributed by atoms with E-state index in [-0.39, 0.29) is 17.4 Å². The number of rotatable bonds is 5. The molecule has 0 unspecified atom stereocenters. The molecule has 0 saturated carbocycles. The summed E-state index contributed by atoms with van der Waals surface area (Å²) in [5.74, 6) is 0.470. The number of ether oxygens (including phenoxy) is 2. The molecular weight excluding hydrogens is 532 g/mol. The molecule has 0 aromatic heterocycles. The summed E-state index contributed by atoms with van der Waals surface area (Å²) in [6, 6.07) is 22.6. The third kappa shape index (κ3) is 5.17. The summed E-state index contributed by atoms with van der Waals surface area (Å²) in [7, 11) is 0. The molecule has 2 aliphatic heterocycles. The summed E-state index contributed by atoms with van der Waals surface area (Å²) in [4.78, 5) is 26.5. The summed E-state index contributed by atoms with van der Waals surface area (Å²) < 4.78 is 11.8. The zero-order valence-corrected chi connectivity index (χ0v) is 24.1. The van der Waals surface area contributed by atoms with Crippen LogP contribution in [0.1, 0.15) is 52.0 Å². The molecule has 4 aromatic rings. The summed E-state index contributed by atoms with van der Waals surface area (Å²) in [5, 5.41) is 22.7. The van der Waals surface area contributed by atoms with Crippen molar-refractivity contribution in [3.05, 3.63) is 112 Å². The standard InChI is InChI=1S/C20H12O5.C14H22N2O/c21-11-5-7-15-17(9-11)24-18-10-12(22)6-8-16(18)20(15)14-4-2-1-3-13(14)19(23)25-20;1-5-16(6-2)10-13(17)15-14-11(3)8-7-9-12(14)4/h1-10,21-22H;7-9H,5-6,10H2,1-4H3,(H,15,17). The van der Waals surface area contributed by atoms with Crippen molar-refractivity contribution in [2.24, 2.45) is 0 Å². The smallest absolute Gasteiger partial charge is 0.340 e. The van der Waals surface area contributed by atoms with E-state index in [4.69, 9.17) is 9.47 Å². The number of esters is 1. The predicted octanol–water partition coefficient (Wildman–Crippen LogP) is 6.25. The summed E-state index contributed by atoms with van der Waals surface area (Å²) >= 11 is 0. The van der Waals surface area contributed by atoms with Crippen LogP contribution in [0.4, 0.5) is 5.69 Å². The molecule has 8 nitrogen and oxygen atoms in total. The van der Waals surface area contributed by atoms with E-state index in [0.717, 1.165) is 29.9 Å². The predicted molar refractivity (Wildman–Crippen MR) is 160 cm³/mol. The number of nitrogens with zero attached hydrogens (tertiary/aromatic N) is 1. The van der Waals surface area contributed by atoms with Gasteiger partial charge in [-0.15, -0.1) is 0 Å². The molecule has 8 heteroatoms. The zero-order valence-electron chi connectivity index (χ0n) is 24.1. The van der Waals surface area contributed by atoms with E-state index in [9.17, 15) is 19.8 Å². The number of carbonyl (C=O) groups is 2. The van der Waals surface area contributed by atoms with E-state index in [1.54, 1.807) is 24.3 Å². The van der Waals surface area contributed by atoms with Crippen molar-refractivity contribution in [3.63, 3.8) is 0 Å². The molecule has 2 aliphatic rings. The fraction of sp³-hybridized carbons (Fsp3) is 0.235. The summed E-state index contributed by atoms with van der Waals surface area (Å²) in [6.07, 6.45) is 0. The van der Waals surface area contributed by atoms with E-state index in [0.29, 0.717) is 40.3 Å². The number of hydrogen-bond acceptors (Lipinski definition) is 7. The average molecular weight is 567 g/mol. The molecule has 0 radical (unpaired) electrons. The van der Waals surface area contributed by atoms with Gasteiger partial charge in [-0.05, 0) is 68.4 Å². The number of aryl methyl sites for hydroxylation is 2. The Labute approximate surface area is 245 Å². The Morgan fingerprint density at radius 3 is 1.95 bits per heavy atom. The van der Waals surface area contributed by atoms with Crippen LogP contribution >= 0.6 is 0 Å². The maximum Gasteiger partial charge on any atom is 0.340 e. The van der Waals surface area contributed by atoms with Crippen molar-refractivity contribution in [1.29, 1.82) is 0 Å². The molecule has 1 spiro atoms. The second kappa shape index (κ2) is 11.6. The van der Waals surface area contributed by atoms with Gasteiger partial charge in [0.1, 0.15) is 23.0 Å². The molecule has 0 aliphatic carbocycles. The number of likely N-dealkylation sites (N-methyl/N-ethyl adjacent to an activating group) is 1. The topological polar surface area (TPSA) is 108 Å². The molecule has 3 N–H and O–H groups in total. The highest BCUT2D eigenvalue weighted by Gasteiger charge is 2.53. The molecule has 1 amide bonds. The number of phenolic OH excluding ortho intramolecular Hbond substituents is 2. The lowest BCUT2D eigenvalue weighted by molar-refractivity contribution is -0.117. The first-order valence-corrected chi connectivity index (χ1v) is 13.9. The van der Waals surface area contributed by atoms with Crippen molar-refractivity contribution in [1.82, 2.24) is 4.90 Å². The normalized spacial score (nSPS) is 13.7. The number of phenols is 2. The Morgan fingerprint density at radius 1 is 0.810 bits per heavy atom. The number of anilines is 1. The molecule has 2 heterocycles. The van der Waals surface area contributed by atoms with Crippen molar-refractivity contribution in [3.8, 4) is 23.0 Å². The van der Waals surface area contributed by atoms with Crippen LogP contribution in [0.2, 0.25) is 0 Å². The second-order valence-electron chi connectivity index (χ2n) is 10.4. The van der Waals surface area contributed by atoms with E-state index in [1.165, 1.54) is 24.3 Å². The number of para-hydroxylation sites is 1. The van der Waals surface area contributed by atoms with Gasteiger partial charge < -0.3 is 25.0 Å². The van der Waals surface area contributed by atoms with Gasteiger partial charge in [-0.1, -0.05) is 50.2 Å². The van der Waals surface area contributed by atoms with Crippen molar-refractivity contribution < 1.29 is 29.3 Å². The van der Waals surface area contributed by atoms with Gasteiger partial charge in [-0.2, -0.15) is 0 Å². The Bertz CT molecular complexity index is 1590. The van der Waals surface area contributed by atoms with Crippen LogP contribution in [0, 0.1) is 13.8 Å². The Hall–Kier alpha value is -4.82. The van der Waals surface area contributed by atoms with Crippen LogP contribution in [-0.4, -0.2) is 46.6 Å². The van der Waals surface area contributed by atoms with Gasteiger partial charge in [0.25, 0.3) is 0 Å². The quantitative estimate of drug-likeness (QED) is 0.245. The lowest BCUT2D eigenvalue weighted by Gasteiger charge is -2.36. The molecule has 216 valence electrons. The Balaban J connectivity index is 0.000000183. The van der Waals surface area contributed by atoms with E-state index < -0.39 is 11.6 Å². The highest BCUT2D eigenvalue weighted by molar-refractivity contribution is 5.97. The summed E-state index contributed by atoms with van der Waals surface area (Å²) in [6.45, 7) is 10.4. The maximum atomic E-state index is 12.5. The Morgan fingerprint density at radius 2 is 1.38 bits per heavy atom. The molecule has 0 saturated heterocycles. The third-order valence-electron chi connectivity index (χ3n) is 7.69. The second-order valence-corrected chi connectivity index (χ2v) is 10.4. The zero-order chi connectivity index (χ0) is 30.0. The maximum absolute atomic E-state index is 12.5. The first kappa shape index (κ1) is 28.7. The number of amides is 1. The minimum Gasteiger partial charge on any atom is -0.508 e.